The van der Waals surface area contributed by atoms with Gasteiger partial charge >= 0.3 is 0 Å². The lowest BCUT2D eigenvalue weighted by molar-refractivity contribution is 0.0277. The first-order valence-electron chi connectivity index (χ1n) is 4.66. The van der Waals surface area contributed by atoms with Gasteiger partial charge in [-0.25, -0.2) is 0 Å². The smallest absolute Gasteiger partial charge is 0.108 e. The fraction of sp³-hybridized carbons (Fsp3) is 0.400. The van der Waals surface area contributed by atoms with Gasteiger partial charge in [-0.3, -0.25) is 0 Å². The van der Waals surface area contributed by atoms with E-state index in [9.17, 15) is 4.91 Å². The summed E-state index contributed by atoms with van der Waals surface area (Å²) in [4.78, 5) is 10.2. The number of hydrogen-bond donors (Lipinski definition) is 1. The summed E-state index contributed by atoms with van der Waals surface area (Å²) >= 11 is 0. The number of nitroso groups, excluding NO2 is 1. The van der Waals surface area contributed by atoms with E-state index in [2.05, 4.69) is 10.5 Å². The molecule has 0 saturated carbocycles. The second kappa shape index (κ2) is 4.30. The predicted octanol–water partition coefficient (Wildman–Crippen LogP) is 1.75. The van der Waals surface area contributed by atoms with Crippen LogP contribution in [0.5, 0.6) is 0 Å². The lowest BCUT2D eigenvalue weighted by Crippen LogP contribution is -2.33. The molecule has 1 aromatic carbocycles. The van der Waals surface area contributed by atoms with Crippen LogP contribution in [-0.2, 0) is 4.74 Å². The first-order chi connectivity index (χ1) is 6.90. The molecule has 1 unspecified atom stereocenters. The zero-order valence-corrected chi connectivity index (χ0v) is 7.77. The van der Waals surface area contributed by atoms with E-state index >= 15 is 0 Å². The molecule has 1 N–H and O–H groups in total. The average Bonchev–Trinajstić information content (AvgIpc) is 2.30. The van der Waals surface area contributed by atoms with Crippen molar-refractivity contribution in [2.24, 2.45) is 5.18 Å². The van der Waals surface area contributed by atoms with Gasteiger partial charge < -0.3 is 10.1 Å². The van der Waals surface area contributed by atoms with Gasteiger partial charge in [0.05, 0.1) is 12.7 Å². The molecule has 0 amide bonds. The highest BCUT2D eigenvalue weighted by Gasteiger charge is 2.14. The Labute approximate surface area is 82.2 Å². The van der Waals surface area contributed by atoms with Crippen LogP contribution in [-0.4, -0.2) is 19.7 Å². The van der Waals surface area contributed by atoms with Crippen LogP contribution in [0.4, 0.5) is 5.69 Å². The lowest BCUT2D eigenvalue weighted by atomic mass is 10.1. The van der Waals surface area contributed by atoms with Crippen LogP contribution in [0.15, 0.2) is 29.4 Å². The van der Waals surface area contributed by atoms with Crippen LogP contribution < -0.4 is 5.32 Å². The molecule has 1 saturated heterocycles. The number of nitrogens with one attached hydrogen (secondary N) is 1. The molecular weight excluding hydrogens is 180 g/mol. The summed E-state index contributed by atoms with van der Waals surface area (Å²) in [6.45, 7) is 2.47. The van der Waals surface area contributed by atoms with Crippen LogP contribution in [0.25, 0.3) is 0 Å². The van der Waals surface area contributed by atoms with Crippen LogP contribution >= 0.6 is 0 Å². The summed E-state index contributed by atoms with van der Waals surface area (Å²) in [7, 11) is 0. The highest BCUT2D eigenvalue weighted by molar-refractivity contribution is 5.39. The lowest BCUT2D eigenvalue weighted by Gasteiger charge is -2.23. The molecule has 1 atom stereocenters. The monoisotopic (exact) mass is 192 g/mol. The molecule has 0 spiro atoms. The van der Waals surface area contributed by atoms with Gasteiger partial charge in [-0.1, -0.05) is 12.1 Å². The number of rotatable bonds is 2. The number of hydrogen-bond acceptors (Lipinski definition) is 4. The normalized spacial score (nSPS) is 21.9. The fourth-order valence-corrected chi connectivity index (χ4v) is 1.53. The van der Waals surface area contributed by atoms with E-state index in [0.29, 0.717) is 5.69 Å². The van der Waals surface area contributed by atoms with E-state index in [1.54, 1.807) is 12.1 Å². The largest absolute Gasteiger partial charge is 0.371 e. The second-order valence-corrected chi connectivity index (χ2v) is 3.25. The van der Waals surface area contributed by atoms with Gasteiger partial charge in [-0.2, -0.15) is 0 Å². The molecule has 1 aliphatic rings. The Balaban J connectivity index is 2.11. The first kappa shape index (κ1) is 9.30. The molecule has 0 aromatic heterocycles. The molecular formula is C10H12N2O2. The molecule has 0 bridgehead atoms. The average molecular weight is 192 g/mol. The van der Waals surface area contributed by atoms with Gasteiger partial charge in [0, 0.05) is 13.1 Å². The van der Waals surface area contributed by atoms with Gasteiger partial charge in [0.2, 0.25) is 0 Å². The van der Waals surface area contributed by atoms with Gasteiger partial charge in [0.1, 0.15) is 5.69 Å². The number of benzene rings is 1. The van der Waals surface area contributed by atoms with Crippen LogP contribution in [0.1, 0.15) is 11.7 Å². The number of ether oxygens (including phenoxy) is 1. The minimum Gasteiger partial charge on any atom is -0.371 e. The number of nitrogens with zero attached hydrogens (tertiary/aromatic N) is 1. The molecule has 1 heterocycles. The third-order valence-electron chi connectivity index (χ3n) is 2.30. The van der Waals surface area contributed by atoms with Crippen molar-refractivity contribution in [1.29, 1.82) is 0 Å². The Morgan fingerprint density at radius 2 is 2.14 bits per heavy atom. The zero-order valence-electron chi connectivity index (χ0n) is 7.77. The highest BCUT2D eigenvalue weighted by atomic mass is 16.5. The van der Waals surface area contributed by atoms with Crippen molar-refractivity contribution in [3.8, 4) is 0 Å². The molecule has 74 valence electrons. The van der Waals surface area contributed by atoms with E-state index in [0.717, 1.165) is 25.3 Å². The Bertz CT molecular complexity index is 304. The summed E-state index contributed by atoms with van der Waals surface area (Å²) in [5.41, 5.74) is 1.54. The zero-order chi connectivity index (χ0) is 9.80. The standard InChI is InChI=1S/C10H12N2O2/c13-12-9-3-1-8(2-4-9)10-7-11-5-6-14-10/h1-4,10-11H,5-7H2. The summed E-state index contributed by atoms with van der Waals surface area (Å²) in [5, 5.41) is 6.10. The SMILES string of the molecule is O=Nc1ccc(C2CNCCO2)cc1. The third kappa shape index (κ3) is 1.97. The summed E-state index contributed by atoms with van der Waals surface area (Å²) < 4.78 is 5.57. The van der Waals surface area contributed by atoms with Crippen molar-refractivity contribution >= 4 is 5.69 Å². The minimum atomic E-state index is 0.101. The molecule has 4 nitrogen and oxygen atoms in total. The van der Waals surface area contributed by atoms with Crippen LogP contribution in [0.2, 0.25) is 0 Å². The molecule has 2 rings (SSSR count). The van der Waals surface area contributed by atoms with Crippen molar-refractivity contribution in [2.45, 2.75) is 6.10 Å². The first-order valence-corrected chi connectivity index (χ1v) is 4.66. The summed E-state index contributed by atoms with van der Waals surface area (Å²) in [6, 6.07) is 7.18. The van der Waals surface area contributed by atoms with E-state index in [-0.39, 0.29) is 6.10 Å². The summed E-state index contributed by atoms with van der Waals surface area (Å²) in [5.74, 6) is 0. The van der Waals surface area contributed by atoms with E-state index in [4.69, 9.17) is 4.74 Å². The minimum absolute atomic E-state index is 0.101. The Morgan fingerprint density at radius 3 is 2.71 bits per heavy atom. The molecule has 1 aliphatic heterocycles. The third-order valence-corrected chi connectivity index (χ3v) is 2.30. The van der Waals surface area contributed by atoms with Gasteiger partial charge in [0.15, 0.2) is 0 Å². The quantitative estimate of drug-likeness (QED) is 0.726. The Kier molecular flexibility index (Phi) is 2.86. The molecule has 0 radical (unpaired) electrons. The van der Waals surface area contributed by atoms with Crippen LogP contribution in [0, 0.1) is 4.91 Å². The molecule has 1 aromatic rings. The van der Waals surface area contributed by atoms with Crippen molar-refractivity contribution in [2.75, 3.05) is 19.7 Å². The maximum Gasteiger partial charge on any atom is 0.108 e. The molecule has 1 fully saturated rings. The maximum absolute atomic E-state index is 10.2. The second-order valence-electron chi connectivity index (χ2n) is 3.25. The number of morpholine rings is 1. The van der Waals surface area contributed by atoms with Crippen LogP contribution in [0.3, 0.4) is 0 Å². The molecule has 4 heteroatoms. The van der Waals surface area contributed by atoms with Crippen molar-refractivity contribution < 1.29 is 4.74 Å². The maximum atomic E-state index is 10.2. The molecule has 0 aliphatic carbocycles. The highest BCUT2D eigenvalue weighted by Crippen LogP contribution is 2.21. The van der Waals surface area contributed by atoms with Crippen molar-refractivity contribution in [3.63, 3.8) is 0 Å². The van der Waals surface area contributed by atoms with Gasteiger partial charge in [0.25, 0.3) is 0 Å². The predicted molar refractivity (Wildman–Crippen MR) is 53.5 cm³/mol. The summed E-state index contributed by atoms with van der Waals surface area (Å²) in [6.07, 6.45) is 0.101. The van der Waals surface area contributed by atoms with Gasteiger partial charge in [-0.15, -0.1) is 4.91 Å². The van der Waals surface area contributed by atoms with Crippen molar-refractivity contribution in [3.05, 3.63) is 34.7 Å². The molecule has 14 heavy (non-hydrogen) atoms. The van der Waals surface area contributed by atoms with Crippen molar-refractivity contribution in [1.82, 2.24) is 5.32 Å². The van der Waals surface area contributed by atoms with E-state index in [1.807, 2.05) is 12.1 Å². The fourth-order valence-electron chi connectivity index (χ4n) is 1.53. The Hall–Kier alpha value is -1.26. The van der Waals surface area contributed by atoms with Gasteiger partial charge in [-0.05, 0) is 22.9 Å². The topological polar surface area (TPSA) is 50.7 Å². The van der Waals surface area contributed by atoms with E-state index < -0.39 is 0 Å². The van der Waals surface area contributed by atoms with E-state index in [1.165, 1.54) is 0 Å². The Morgan fingerprint density at radius 1 is 1.36 bits per heavy atom.